The van der Waals surface area contributed by atoms with Crippen molar-refractivity contribution < 1.29 is 4.42 Å². The molecule has 39 heavy (non-hydrogen) atoms. The summed E-state index contributed by atoms with van der Waals surface area (Å²) in [6, 6.07) is 13.5. The SMILES string of the molecule is C/C=C\C=C(\c1c2ccc(=[N+](CC)CC)cc-2oc2cc(N(CC)CC)ccc12)N(C)CCCN(CC)CC. The lowest BCUT2D eigenvalue weighted by atomic mass is 9.95. The first kappa shape index (κ1) is 30.5. The molecule has 5 heteroatoms. The second-order valence-electron chi connectivity index (χ2n) is 10.1. The summed E-state index contributed by atoms with van der Waals surface area (Å²) in [6.07, 6.45) is 7.66. The summed E-state index contributed by atoms with van der Waals surface area (Å²) in [6.45, 7) is 23.6. The predicted octanol–water partition coefficient (Wildman–Crippen LogP) is 6.78. The number of fused-ring (bicyclic) bond motifs is 2. The number of allylic oxidation sites excluding steroid dienone is 3. The number of nitrogens with zero attached hydrogens (tertiary/aromatic N) is 4. The van der Waals surface area contributed by atoms with Gasteiger partial charge in [-0.2, -0.15) is 0 Å². The molecule has 0 saturated heterocycles. The number of rotatable bonds is 14. The van der Waals surface area contributed by atoms with Gasteiger partial charge in [-0.25, -0.2) is 4.58 Å². The Labute approximate surface area is 237 Å². The Hall–Kier alpha value is -3.05. The molecule has 2 aliphatic rings. The Morgan fingerprint density at radius 1 is 0.872 bits per heavy atom. The van der Waals surface area contributed by atoms with Crippen LogP contribution < -0.4 is 14.8 Å². The molecule has 0 radical (unpaired) electrons. The number of hydrogen-bond acceptors (Lipinski definition) is 4. The summed E-state index contributed by atoms with van der Waals surface area (Å²) < 4.78 is 9.07. The second-order valence-corrected chi connectivity index (χ2v) is 10.1. The van der Waals surface area contributed by atoms with E-state index in [2.05, 4.69) is 129 Å². The fraction of sp³-hybridized carbons (Fsp3) is 0.500. The van der Waals surface area contributed by atoms with Crippen molar-refractivity contribution in [3.8, 4) is 11.3 Å². The maximum Gasteiger partial charge on any atom is 0.203 e. The minimum absolute atomic E-state index is 0.932. The van der Waals surface area contributed by atoms with Crippen LogP contribution in [0, 0.1) is 0 Å². The molecular formula is C34H51N4O+. The third-order valence-electron chi connectivity index (χ3n) is 7.92. The highest BCUT2D eigenvalue weighted by Gasteiger charge is 2.22. The lowest BCUT2D eigenvalue weighted by Crippen LogP contribution is -2.29. The Bertz CT molecular complexity index is 1290. The van der Waals surface area contributed by atoms with Crippen molar-refractivity contribution in [1.29, 1.82) is 0 Å². The third kappa shape index (κ3) is 7.13. The van der Waals surface area contributed by atoms with Crippen molar-refractivity contribution in [3.05, 3.63) is 65.5 Å². The summed E-state index contributed by atoms with van der Waals surface area (Å²) in [7, 11) is 2.23. The van der Waals surface area contributed by atoms with Crippen molar-refractivity contribution in [2.45, 2.75) is 54.9 Å². The Balaban J connectivity index is 2.27. The zero-order chi connectivity index (χ0) is 28.4. The number of hydrogen-bond donors (Lipinski definition) is 0. The van der Waals surface area contributed by atoms with Crippen LogP contribution in [0.4, 0.5) is 5.69 Å². The molecule has 1 heterocycles. The van der Waals surface area contributed by atoms with E-state index in [0.717, 1.165) is 81.1 Å². The topological polar surface area (TPSA) is 25.9 Å². The lowest BCUT2D eigenvalue weighted by molar-refractivity contribution is 0.286. The van der Waals surface area contributed by atoms with E-state index in [1.54, 1.807) is 0 Å². The van der Waals surface area contributed by atoms with Gasteiger partial charge in [0.25, 0.3) is 0 Å². The van der Waals surface area contributed by atoms with Crippen LogP contribution in [0.15, 0.2) is 59.0 Å². The van der Waals surface area contributed by atoms with Crippen LogP contribution in [-0.2, 0) is 0 Å². The molecule has 1 aromatic rings. The number of anilines is 1. The highest BCUT2D eigenvalue weighted by Crippen LogP contribution is 2.39. The van der Waals surface area contributed by atoms with E-state index in [9.17, 15) is 0 Å². The van der Waals surface area contributed by atoms with Gasteiger partial charge in [0.05, 0.1) is 6.07 Å². The highest BCUT2D eigenvalue weighted by molar-refractivity contribution is 5.99. The molecule has 0 bridgehead atoms. The van der Waals surface area contributed by atoms with Gasteiger partial charge in [0.1, 0.15) is 24.4 Å². The van der Waals surface area contributed by atoms with E-state index < -0.39 is 0 Å². The quantitative estimate of drug-likeness (QED) is 0.130. The minimum atomic E-state index is 0.932. The molecule has 1 aliphatic carbocycles. The molecule has 0 atom stereocenters. The number of benzene rings is 2. The van der Waals surface area contributed by atoms with Crippen LogP contribution in [0.5, 0.6) is 0 Å². The van der Waals surface area contributed by atoms with E-state index in [0.29, 0.717) is 0 Å². The molecule has 0 N–H and O–H groups in total. The average molecular weight is 532 g/mol. The normalized spacial score (nSPS) is 12.3. The predicted molar refractivity (Wildman–Crippen MR) is 171 cm³/mol. The van der Waals surface area contributed by atoms with Crippen molar-refractivity contribution >= 4 is 22.4 Å². The lowest BCUT2D eigenvalue weighted by Gasteiger charge is -2.28. The molecule has 0 fully saturated rings. The van der Waals surface area contributed by atoms with E-state index >= 15 is 0 Å². The van der Waals surface area contributed by atoms with Crippen molar-refractivity contribution in [2.24, 2.45) is 0 Å². The van der Waals surface area contributed by atoms with Gasteiger partial charge in [0, 0.05) is 66.7 Å². The summed E-state index contributed by atoms with van der Waals surface area (Å²) >= 11 is 0. The van der Waals surface area contributed by atoms with Gasteiger partial charge in [-0.3, -0.25) is 0 Å². The molecule has 0 aromatic heterocycles. The van der Waals surface area contributed by atoms with E-state index in [-0.39, 0.29) is 0 Å². The fourth-order valence-electron chi connectivity index (χ4n) is 5.49. The molecule has 1 aromatic carbocycles. The summed E-state index contributed by atoms with van der Waals surface area (Å²) in [5, 5.41) is 2.35. The zero-order valence-electron chi connectivity index (χ0n) is 25.8. The van der Waals surface area contributed by atoms with Crippen molar-refractivity contribution in [3.63, 3.8) is 0 Å². The average Bonchev–Trinajstić information content (AvgIpc) is 2.96. The Kier molecular flexibility index (Phi) is 11.7. The van der Waals surface area contributed by atoms with Crippen LogP contribution >= 0.6 is 0 Å². The first-order valence-corrected chi connectivity index (χ1v) is 15.1. The van der Waals surface area contributed by atoms with Crippen molar-refractivity contribution in [2.75, 3.05) is 64.3 Å². The van der Waals surface area contributed by atoms with Gasteiger partial charge >= 0.3 is 0 Å². The fourth-order valence-corrected chi connectivity index (χ4v) is 5.49. The van der Waals surface area contributed by atoms with Crippen LogP contribution in [0.25, 0.3) is 28.0 Å². The maximum absolute atomic E-state index is 6.70. The van der Waals surface area contributed by atoms with Crippen molar-refractivity contribution in [1.82, 2.24) is 14.4 Å². The Morgan fingerprint density at radius 3 is 2.21 bits per heavy atom. The van der Waals surface area contributed by atoms with Crippen LogP contribution in [0.2, 0.25) is 0 Å². The minimum Gasteiger partial charge on any atom is -0.456 e. The zero-order valence-corrected chi connectivity index (χ0v) is 25.8. The largest absolute Gasteiger partial charge is 0.456 e. The molecule has 0 spiro atoms. The molecule has 0 unspecified atom stereocenters. The van der Waals surface area contributed by atoms with Crippen LogP contribution in [0.1, 0.15) is 60.5 Å². The molecule has 3 rings (SSSR count). The van der Waals surface area contributed by atoms with Crippen LogP contribution in [-0.4, -0.2) is 69.2 Å². The third-order valence-corrected chi connectivity index (χ3v) is 7.92. The molecule has 1 aliphatic heterocycles. The highest BCUT2D eigenvalue weighted by atomic mass is 16.3. The van der Waals surface area contributed by atoms with Gasteiger partial charge in [-0.15, -0.1) is 0 Å². The second kappa shape index (κ2) is 14.9. The summed E-state index contributed by atoms with van der Waals surface area (Å²) in [5.74, 6) is 0.932. The maximum atomic E-state index is 6.70. The Morgan fingerprint density at radius 2 is 1.59 bits per heavy atom. The molecule has 5 nitrogen and oxygen atoms in total. The smallest absolute Gasteiger partial charge is 0.203 e. The molecule has 0 amide bonds. The van der Waals surface area contributed by atoms with Gasteiger partial charge in [0.15, 0.2) is 0 Å². The monoisotopic (exact) mass is 531 g/mol. The standard InChI is InChI=1S/C34H51N4O/c1-9-16-18-31(35(8)23-17-24-36(10-2)11-3)34-29-21-19-27(37(12-4)13-5)25-32(29)39-33-26-28(20-22-30(33)34)38(14-6)15-7/h9,16,18-22,25-26H,10-15,17,23-24H2,1-8H3/q+1/b16-9-,31-18-. The van der Waals surface area contributed by atoms with E-state index in [1.165, 1.54) is 22.3 Å². The van der Waals surface area contributed by atoms with Gasteiger partial charge in [-0.05, 0) is 84.9 Å². The van der Waals surface area contributed by atoms with Gasteiger partial charge < -0.3 is 19.1 Å². The van der Waals surface area contributed by atoms with Gasteiger partial charge in [-0.1, -0.05) is 26.0 Å². The molecule has 0 saturated carbocycles. The van der Waals surface area contributed by atoms with E-state index in [1.807, 2.05) is 0 Å². The summed E-state index contributed by atoms with van der Waals surface area (Å²) in [5.41, 5.74) is 5.76. The molecule has 212 valence electrons. The van der Waals surface area contributed by atoms with Crippen LogP contribution in [0.3, 0.4) is 0 Å². The van der Waals surface area contributed by atoms with E-state index in [4.69, 9.17) is 4.42 Å². The molecular weight excluding hydrogens is 480 g/mol. The first-order valence-electron chi connectivity index (χ1n) is 15.1. The van der Waals surface area contributed by atoms with Gasteiger partial charge in [0.2, 0.25) is 5.36 Å². The first-order chi connectivity index (χ1) is 19.0. The summed E-state index contributed by atoms with van der Waals surface area (Å²) in [4.78, 5) is 7.30.